The first-order valence-electron chi connectivity index (χ1n) is 9.53. The lowest BCUT2D eigenvalue weighted by Gasteiger charge is -2.10. The van der Waals surface area contributed by atoms with Crippen molar-refractivity contribution < 1.29 is 9.59 Å². The zero-order valence-corrected chi connectivity index (χ0v) is 17.8. The average molecular weight is 416 g/mol. The van der Waals surface area contributed by atoms with E-state index in [1.165, 1.54) is 11.3 Å². The van der Waals surface area contributed by atoms with E-state index in [1.54, 1.807) is 6.07 Å². The molecular formula is C24H21N3O2S. The zero-order chi connectivity index (χ0) is 21.4. The van der Waals surface area contributed by atoms with E-state index in [9.17, 15) is 9.59 Å². The molecule has 0 atom stereocenters. The van der Waals surface area contributed by atoms with Crippen molar-refractivity contribution in [3.05, 3.63) is 81.9 Å². The number of aromatic nitrogens is 1. The molecule has 4 rings (SSSR count). The number of carbonyl (C=O) groups is 2. The number of rotatable bonds is 4. The lowest BCUT2D eigenvalue weighted by Crippen LogP contribution is -2.18. The second-order valence-electron chi connectivity index (χ2n) is 7.25. The summed E-state index contributed by atoms with van der Waals surface area (Å²) in [4.78, 5) is 31.0. The molecule has 0 aliphatic carbocycles. The van der Waals surface area contributed by atoms with Crippen LogP contribution in [0.3, 0.4) is 0 Å². The molecule has 4 aromatic rings. The molecule has 0 saturated carbocycles. The number of primary amides is 1. The van der Waals surface area contributed by atoms with Crippen molar-refractivity contribution in [3.63, 3.8) is 0 Å². The van der Waals surface area contributed by atoms with Gasteiger partial charge >= 0.3 is 0 Å². The molecule has 30 heavy (non-hydrogen) atoms. The molecule has 2 aromatic heterocycles. The Morgan fingerprint density at radius 1 is 1.00 bits per heavy atom. The number of amides is 2. The molecule has 3 N–H and O–H groups in total. The smallest absolute Gasteiger partial charge is 0.257 e. The lowest BCUT2D eigenvalue weighted by atomic mass is 10.0. The van der Waals surface area contributed by atoms with Gasteiger partial charge in [-0.1, -0.05) is 42.0 Å². The lowest BCUT2D eigenvalue weighted by molar-refractivity contribution is 0.100. The summed E-state index contributed by atoms with van der Waals surface area (Å²) in [5.41, 5.74) is 10.8. The van der Waals surface area contributed by atoms with Gasteiger partial charge in [-0.25, -0.2) is 0 Å². The number of nitrogens with two attached hydrogens (primary N) is 1. The van der Waals surface area contributed by atoms with Gasteiger partial charge in [-0.3, -0.25) is 14.6 Å². The van der Waals surface area contributed by atoms with Crippen LogP contribution in [0.15, 0.2) is 54.6 Å². The third-order valence-electron chi connectivity index (χ3n) is 4.96. The van der Waals surface area contributed by atoms with Crippen molar-refractivity contribution in [3.8, 4) is 11.1 Å². The van der Waals surface area contributed by atoms with E-state index in [4.69, 9.17) is 5.73 Å². The third-order valence-corrected chi connectivity index (χ3v) is 5.98. The Morgan fingerprint density at radius 3 is 2.43 bits per heavy atom. The van der Waals surface area contributed by atoms with Crippen molar-refractivity contribution in [2.45, 2.75) is 20.8 Å². The van der Waals surface area contributed by atoms with Gasteiger partial charge in [-0.05, 0) is 44.5 Å². The summed E-state index contributed by atoms with van der Waals surface area (Å²) in [6.07, 6.45) is 0. The molecule has 0 aliphatic rings. The van der Waals surface area contributed by atoms with E-state index < -0.39 is 5.91 Å². The van der Waals surface area contributed by atoms with E-state index in [0.29, 0.717) is 16.1 Å². The van der Waals surface area contributed by atoms with Crippen molar-refractivity contribution in [1.29, 1.82) is 0 Å². The van der Waals surface area contributed by atoms with E-state index in [-0.39, 0.29) is 5.91 Å². The Kier molecular flexibility index (Phi) is 5.10. The fourth-order valence-corrected chi connectivity index (χ4v) is 4.73. The summed E-state index contributed by atoms with van der Waals surface area (Å²) in [6, 6.07) is 17.2. The van der Waals surface area contributed by atoms with E-state index in [1.807, 2.05) is 69.3 Å². The number of nitrogens with zero attached hydrogens (tertiary/aromatic N) is 1. The Hall–Kier alpha value is -3.51. The minimum Gasteiger partial charge on any atom is -0.365 e. The molecule has 0 fully saturated rings. The van der Waals surface area contributed by atoms with Crippen LogP contribution in [-0.4, -0.2) is 16.8 Å². The average Bonchev–Trinajstić information content (AvgIpc) is 3.04. The number of nitrogens with one attached hydrogen (secondary N) is 1. The van der Waals surface area contributed by atoms with Crippen LogP contribution in [-0.2, 0) is 0 Å². The first-order chi connectivity index (χ1) is 14.3. The highest BCUT2D eigenvalue weighted by molar-refractivity contribution is 7.17. The van der Waals surface area contributed by atoms with Gasteiger partial charge in [0.25, 0.3) is 11.8 Å². The fourth-order valence-electron chi connectivity index (χ4n) is 3.65. The minimum absolute atomic E-state index is 0.292. The van der Waals surface area contributed by atoms with Crippen LogP contribution in [0.1, 0.15) is 36.9 Å². The number of hydrogen-bond acceptors (Lipinski definition) is 4. The summed E-state index contributed by atoms with van der Waals surface area (Å²) >= 11 is 1.35. The number of anilines is 1. The molecule has 6 heteroatoms. The molecule has 0 unspecified atom stereocenters. The first kappa shape index (κ1) is 19.8. The van der Waals surface area contributed by atoms with Gasteiger partial charge in [0, 0.05) is 21.5 Å². The van der Waals surface area contributed by atoms with Crippen molar-refractivity contribution in [2.75, 3.05) is 5.32 Å². The predicted octanol–water partition coefficient (Wildman–Crippen LogP) is 5.24. The van der Waals surface area contributed by atoms with Gasteiger partial charge < -0.3 is 11.1 Å². The van der Waals surface area contributed by atoms with Crippen molar-refractivity contribution in [2.24, 2.45) is 5.73 Å². The minimum atomic E-state index is -0.569. The van der Waals surface area contributed by atoms with Gasteiger partial charge in [-0.2, -0.15) is 0 Å². The molecule has 2 amide bonds. The number of fused-ring (bicyclic) bond motifs is 1. The Balaban J connectivity index is 1.81. The summed E-state index contributed by atoms with van der Waals surface area (Å²) in [5.74, 6) is -0.862. The van der Waals surface area contributed by atoms with Gasteiger partial charge in [0.05, 0.1) is 16.6 Å². The maximum Gasteiger partial charge on any atom is 0.257 e. The van der Waals surface area contributed by atoms with Crippen LogP contribution < -0.4 is 11.1 Å². The molecule has 150 valence electrons. The summed E-state index contributed by atoms with van der Waals surface area (Å²) in [6.45, 7) is 5.75. The van der Waals surface area contributed by atoms with Gasteiger partial charge in [0.2, 0.25) is 0 Å². The molecule has 0 saturated heterocycles. The van der Waals surface area contributed by atoms with Crippen LogP contribution in [0.2, 0.25) is 0 Å². The predicted molar refractivity (Wildman–Crippen MR) is 122 cm³/mol. The van der Waals surface area contributed by atoms with Crippen LogP contribution in [0, 0.1) is 20.8 Å². The van der Waals surface area contributed by atoms with Crippen molar-refractivity contribution >= 4 is 39.1 Å². The molecule has 5 nitrogen and oxygen atoms in total. The number of benzene rings is 2. The normalized spacial score (nSPS) is 10.9. The second-order valence-corrected chi connectivity index (χ2v) is 8.48. The molecule has 0 radical (unpaired) electrons. The largest absolute Gasteiger partial charge is 0.365 e. The summed E-state index contributed by atoms with van der Waals surface area (Å²) in [7, 11) is 0. The summed E-state index contributed by atoms with van der Waals surface area (Å²) in [5, 5.41) is 4.16. The van der Waals surface area contributed by atoms with E-state index in [2.05, 4.69) is 10.3 Å². The first-order valence-corrected chi connectivity index (χ1v) is 10.3. The molecule has 0 bridgehead atoms. The number of thiophene rings is 1. The van der Waals surface area contributed by atoms with Gasteiger partial charge in [-0.15, -0.1) is 11.3 Å². The van der Waals surface area contributed by atoms with E-state index in [0.717, 1.165) is 38.2 Å². The highest BCUT2D eigenvalue weighted by Gasteiger charge is 2.23. The van der Waals surface area contributed by atoms with Crippen LogP contribution in [0.5, 0.6) is 0 Å². The topological polar surface area (TPSA) is 85.1 Å². The number of pyridine rings is 1. The Labute approximate surface area is 178 Å². The molecular weight excluding hydrogens is 394 g/mol. The van der Waals surface area contributed by atoms with Crippen LogP contribution >= 0.6 is 11.3 Å². The molecule has 2 heterocycles. The van der Waals surface area contributed by atoms with Crippen LogP contribution in [0.4, 0.5) is 5.00 Å². The van der Waals surface area contributed by atoms with Crippen LogP contribution in [0.25, 0.3) is 22.0 Å². The van der Waals surface area contributed by atoms with Gasteiger partial charge in [0.15, 0.2) is 0 Å². The number of hydrogen-bond donors (Lipinski definition) is 2. The standard InChI is InChI=1S/C24H21N3O2S/c1-13-9-10-19-17(11-13)18(12-14(2)26-19)23(29)27-24-21(22(25)28)20(15(3)30-24)16-7-5-4-6-8-16/h4-12H,1-3H3,(H2,25,28)(H,27,29). The second kappa shape index (κ2) is 7.72. The maximum atomic E-state index is 13.2. The zero-order valence-electron chi connectivity index (χ0n) is 16.9. The third kappa shape index (κ3) is 3.57. The molecule has 2 aromatic carbocycles. The SMILES string of the molecule is Cc1ccc2nc(C)cc(C(=O)Nc3sc(C)c(-c4ccccc4)c3C(N)=O)c2c1. The van der Waals surface area contributed by atoms with Gasteiger partial charge in [0.1, 0.15) is 5.00 Å². The Bertz CT molecular complexity index is 1290. The summed E-state index contributed by atoms with van der Waals surface area (Å²) < 4.78 is 0. The van der Waals surface area contributed by atoms with Crippen molar-refractivity contribution in [1.82, 2.24) is 4.98 Å². The molecule has 0 spiro atoms. The molecule has 0 aliphatic heterocycles. The maximum absolute atomic E-state index is 13.2. The highest BCUT2D eigenvalue weighted by Crippen LogP contribution is 2.40. The Morgan fingerprint density at radius 2 is 1.73 bits per heavy atom. The fraction of sp³-hybridized carbons (Fsp3) is 0.125. The highest BCUT2D eigenvalue weighted by atomic mass is 32.1. The monoisotopic (exact) mass is 415 g/mol. The number of carbonyl (C=O) groups excluding carboxylic acids is 2. The van der Waals surface area contributed by atoms with E-state index >= 15 is 0 Å². The quantitative estimate of drug-likeness (QED) is 0.478. The number of aryl methyl sites for hydroxylation is 3.